The molecule has 70 heavy (non-hydrogen) atoms. The van der Waals surface area contributed by atoms with Gasteiger partial charge in [0.25, 0.3) is 11.8 Å². The highest BCUT2D eigenvalue weighted by molar-refractivity contribution is 6.02. The fraction of sp³-hybridized carbons (Fsp3) is 0.593. The SMILES string of the molecule is CCNC(=O)CN(CC)C(=O)c1ccc2c(c1)c1c(n2CC(=O)O)CCC(C2CCOCC2)C1.CCNC(=O)CN(CC)C(=O)c1ccc2c(c1)c1c(n2CC(=O)OCC)CCC(C2CCOCC2)C1. The molecule has 380 valence electrons. The van der Waals surface area contributed by atoms with Crippen LogP contribution in [0.25, 0.3) is 21.8 Å². The van der Waals surface area contributed by atoms with Crippen LogP contribution in [0.2, 0.25) is 0 Å². The van der Waals surface area contributed by atoms with Crippen molar-refractivity contribution in [2.24, 2.45) is 23.7 Å². The van der Waals surface area contributed by atoms with Crippen molar-refractivity contribution >= 4 is 57.4 Å². The van der Waals surface area contributed by atoms with Crippen LogP contribution in [0.15, 0.2) is 36.4 Å². The van der Waals surface area contributed by atoms with Gasteiger partial charge in [-0.15, -0.1) is 0 Å². The Balaban J connectivity index is 0.000000207. The molecule has 2 aromatic heterocycles. The standard InChI is InChI=1S/C28H39N3O5.C26H35N3O5/c1-4-29-26(32)17-30(5-2)28(34)21-8-10-25-23(16-21)22-15-20(19-11-13-35-14-12-19)7-9-24(22)31(25)18-27(33)36-6-3;1-3-27-24(30)15-28(4-2)26(33)19-6-8-23-21(14-19)20-13-18(17-9-11-34-12-10-17)5-7-22(20)29(23)16-25(31)32/h8,10,16,19-20H,4-7,9,11-15,17-18H2,1-3H3,(H,29,32);6,8,14,17-18H,3-5,7,9-13,15-16H2,1-2H3,(H,27,30)(H,31,32). The number of benzene rings is 2. The fourth-order valence-electron chi connectivity index (χ4n) is 11.5. The maximum Gasteiger partial charge on any atom is 0.325 e. The van der Waals surface area contributed by atoms with Crippen molar-refractivity contribution in [3.05, 3.63) is 70.0 Å². The van der Waals surface area contributed by atoms with Crippen molar-refractivity contribution in [2.75, 3.05) is 72.3 Å². The van der Waals surface area contributed by atoms with E-state index < -0.39 is 5.97 Å². The van der Waals surface area contributed by atoms with Gasteiger partial charge in [-0.2, -0.15) is 0 Å². The Bertz CT molecular complexity index is 2520. The molecule has 2 aromatic carbocycles. The summed E-state index contributed by atoms with van der Waals surface area (Å²) in [5, 5.41) is 17.1. The van der Waals surface area contributed by atoms with Crippen LogP contribution < -0.4 is 10.6 Å². The number of aliphatic carboxylic acids is 1. The van der Waals surface area contributed by atoms with E-state index in [1.165, 1.54) is 21.7 Å². The van der Waals surface area contributed by atoms with E-state index in [1.54, 1.807) is 11.0 Å². The maximum atomic E-state index is 13.4. The van der Waals surface area contributed by atoms with Crippen molar-refractivity contribution in [1.29, 1.82) is 0 Å². The summed E-state index contributed by atoms with van der Waals surface area (Å²) in [7, 11) is 0. The van der Waals surface area contributed by atoms with Gasteiger partial charge in [-0.1, -0.05) is 0 Å². The smallest absolute Gasteiger partial charge is 0.325 e. The summed E-state index contributed by atoms with van der Waals surface area (Å²) in [6, 6.07) is 11.3. The molecule has 4 amide bonds. The molecule has 4 aliphatic rings. The maximum absolute atomic E-state index is 13.4. The third kappa shape index (κ3) is 12.0. The van der Waals surface area contributed by atoms with Gasteiger partial charge in [0.2, 0.25) is 11.8 Å². The number of fused-ring (bicyclic) bond motifs is 6. The summed E-state index contributed by atoms with van der Waals surface area (Å²) in [6.07, 6.45) is 10.1. The van der Waals surface area contributed by atoms with E-state index in [1.807, 2.05) is 69.5 Å². The average Bonchev–Trinajstić information content (AvgIpc) is 3.84. The van der Waals surface area contributed by atoms with Crippen LogP contribution in [0.5, 0.6) is 0 Å². The topological polar surface area (TPSA) is 191 Å². The van der Waals surface area contributed by atoms with E-state index >= 15 is 0 Å². The molecule has 2 unspecified atom stereocenters. The highest BCUT2D eigenvalue weighted by Crippen LogP contribution is 2.42. The number of hydrogen-bond acceptors (Lipinski definition) is 9. The van der Waals surface area contributed by atoms with Crippen molar-refractivity contribution in [3.63, 3.8) is 0 Å². The molecule has 4 heterocycles. The van der Waals surface area contributed by atoms with Gasteiger partial charge in [-0.25, -0.2) is 0 Å². The largest absolute Gasteiger partial charge is 0.480 e. The van der Waals surface area contributed by atoms with Crippen LogP contribution in [0.3, 0.4) is 0 Å². The fourth-order valence-corrected chi connectivity index (χ4v) is 11.5. The van der Waals surface area contributed by atoms with Gasteiger partial charge >= 0.3 is 11.9 Å². The van der Waals surface area contributed by atoms with Crippen molar-refractivity contribution in [1.82, 2.24) is 29.6 Å². The van der Waals surface area contributed by atoms with Crippen LogP contribution >= 0.6 is 0 Å². The summed E-state index contributed by atoms with van der Waals surface area (Å²) in [4.78, 5) is 78.0. The number of likely N-dealkylation sites (N-methyl/N-ethyl adjacent to an activating group) is 4. The third-order valence-corrected chi connectivity index (χ3v) is 15.0. The number of rotatable bonds is 17. The number of nitrogens with one attached hydrogen (secondary N) is 2. The quantitative estimate of drug-likeness (QED) is 0.103. The number of aromatic nitrogens is 2. The first-order valence-corrected chi connectivity index (χ1v) is 25.8. The predicted molar refractivity (Wildman–Crippen MR) is 267 cm³/mol. The second-order valence-corrected chi connectivity index (χ2v) is 19.1. The summed E-state index contributed by atoms with van der Waals surface area (Å²) < 4.78 is 20.4. The number of carbonyl (C=O) groups excluding carboxylic acids is 5. The molecule has 8 rings (SSSR count). The lowest BCUT2D eigenvalue weighted by atomic mass is 9.75. The second-order valence-electron chi connectivity index (χ2n) is 19.1. The van der Waals surface area contributed by atoms with Crippen molar-refractivity contribution in [3.8, 4) is 0 Å². The number of amides is 4. The first-order valence-electron chi connectivity index (χ1n) is 25.8. The highest BCUT2D eigenvalue weighted by Gasteiger charge is 2.34. The number of esters is 1. The lowest BCUT2D eigenvalue weighted by Gasteiger charge is -2.33. The van der Waals surface area contributed by atoms with Gasteiger partial charge in [0.05, 0.1) is 19.7 Å². The van der Waals surface area contributed by atoms with Crippen LogP contribution in [0.4, 0.5) is 0 Å². The number of carboxylic acids is 1. The molecule has 2 fully saturated rings. The Morgan fingerprint density at radius 3 is 1.43 bits per heavy atom. The Morgan fingerprint density at radius 2 is 1.04 bits per heavy atom. The number of hydrogen-bond donors (Lipinski definition) is 3. The number of carbonyl (C=O) groups is 6. The molecule has 0 spiro atoms. The van der Waals surface area contributed by atoms with E-state index in [4.69, 9.17) is 14.2 Å². The van der Waals surface area contributed by atoms with Gasteiger partial charge < -0.3 is 48.9 Å². The van der Waals surface area contributed by atoms with Crippen LogP contribution in [0, 0.1) is 23.7 Å². The Morgan fingerprint density at radius 1 is 0.614 bits per heavy atom. The van der Waals surface area contributed by atoms with E-state index in [0.717, 1.165) is 118 Å². The Labute approximate surface area is 411 Å². The minimum Gasteiger partial charge on any atom is -0.480 e. The van der Waals surface area contributed by atoms with Gasteiger partial charge in [0.15, 0.2) is 0 Å². The van der Waals surface area contributed by atoms with Crippen LogP contribution in [-0.2, 0) is 72.2 Å². The van der Waals surface area contributed by atoms with Crippen LogP contribution in [-0.4, -0.2) is 132 Å². The van der Waals surface area contributed by atoms with E-state index in [-0.39, 0.29) is 55.8 Å². The minimum absolute atomic E-state index is 0.0190. The second kappa shape index (κ2) is 24.4. The molecule has 3 N–H and O–H groups in total. The lowest BCUT2D eigenvalue weighted by Crippen LogP contribution is -2.40. The molecule has 0 radical (unpaired) electrons. The molecule has 0 saturated carbocycles. The van der Waals surface area contributed by atoms with Crippen molar-refractivity contribution < 1.29 is 48.1 Å². The van der Waals surface area contributed by atoms with Crippen LogP contribution in [0.1, 0.15) is 116 Å². The average molecular weight is 967 g/mol. The molecular formula is C54H74N6O10. The molecule has 4 aromatic rings. The summed E-state index contributed by atoms with van der Waals surface area (Å²) in [6.45, 7) is 15.0. The number of nitrogens with zero attached hydrogens (tertiary/aromatic N) is 4. The Hall–Kier alpha value is -5.74. The van der Waals surface area contributed by atoms with E-state index in [2.05, 4.69) is 15.2 Å². The zero-order valence-corrected chi connectivity index (χ0v) is 41.9. The van der Waals surface area contributed by atoms with E-state index in [9.17, 15) is 33.9 Å². The molecule has 2 aliphatic heterocycles. The number of ether oxygens (including phenoxy) is 3. The van der Waals surface area contributed by atoms with Gasteiger partial charge in [0.1, 0.15) is 13.1 Å². The summed E-state index contributed by atoms with van der Waals surface area (Å²) >= 11 is 0. The molecular weight excluding hydrogens is 893 g/mol. The molecule has 2 atom stereocenters. The molecule has 16 heteroatoms. The molecule has 2 aliphatic carbocycles. The molecule has 0 bridgehead atoms. The summed E-state index contributed by atoms with van der Waals surface area (Å²) in [5.41, 5.74) is 7.62. The normalized spacial score (nSPS) is 18.2. The lowest BCUT2D eigenvalue weighted by molar-refractivity contribution is -0.143. The van der Waals surface area contributed by atoms with Crippen molar-refractivity contribution in [2.45, 2.75) is 112 Å². The van der Waals surface area contributed by atoms with E-state index in [0.29, 0.717) is 67.6 Å². The number of carboxylic acid groups (broad SMARTS) is 1. The van der Waals surface area contributed by atoms with Gasteiger partial charge in [-0.05, 0) is 170 Å². The molecule has 2 saturated heterocycles. The monoisotopic (exact) mass is 967 g/mol. The zero-order valence-electron chi connectivity index (χ0n) is 41.9. The first-order chi connectivity index (χ1) is 33.9. The Kier molecular flexibility index (Phi) is 18.2. The first kappa shape index (κ1) is 52.1. The highest BCUT2D eigenvalue weighted by atomic mass is 16.5. The predicted octanol–water partition coefficient (Wildman–Crippen LogP) is 6.19. The summed E-state index contributed by atoms with van der Waals surface area (Å²) in [5.74, 6) is 0.589. The zero-order chi connectivity index (χ0) is 49.9. The third-order valence-electron chi connectivity index (χ3n) is 15.0. The minimum atomic E-state index is -0.870. The molecule has 16 nitrogen and oxygen atoms in total. The van der Waals surface area contributed by atoms with Gasteiger partial charge in [-0.3, -0.25) is 28.8 Å². The van der Waals surface area contributed by atoms with Gasteiger partial charge in [0, 0.05) is 96.9 Å².